The summed E-state index contributed by atoms with van der Waals surface area (Å²) < 4.78 is 1.89. The van der Waals surface area contributed by atoms with Gasteiger partial charge in [-0.1, -0.05) is 30.3 Å². The van der Waals surface area contributed by atoms with E-state index in [-0.39, 0.29) is 12.5 Å². The van der Waals surface area contributed by atoms with E-state index < -0.39 is 0 Å². The number of amides is 1. The Morgan fingerprint density at radius 3 is 2.67 bits per heavy atom. The molecule has 7 heteroatoms. The first kappa shape index (κ1) is 18.4. The van der Waals surface area contributed by atoms with Crippen LogP contribution in [0.3, 0.4) is 0 Å². The molecule has 0 bridgehead atoms. The summed E-state index contributed by atoms with van der Waals surface area (Å²) in [5.41, 5.74) is 6.33. The predicted octanol–water partition coefficient (Wildman–Crippen LogP) is 3.18. The lowest BCUT2D eigenvalue weighted by Crippen LogP contribution is -2.25. The number of benzene rings is 2. The molecule has 2 aromatic carbocycles. The van der Waals surface area contributed by atoms with Gasteiger partial charge in [0.2, 0.25) is 0 Å². The van der Waals surface area contributed by atoms with Crippen LogP contribution in [-0.4, -0.2) is 36.6 Å². The van der Waals surface area contributed by atoms with Crippen molar-refractivity contribution in [3.05, 3.63) is 71.8 Å². The zero-order valence-electron chi connectivity index (χ0n) is 16.5. The van der Waals surface area contributed by atoms with E-state index in [2.05, 4.69) is 20.3 Å². The Kier molecular flexibility index (Phi) is 4.52. The Labute approximate surface area is 173 Å². The van der Waals surface area contributed by atoms with Gasteiger partial charge >= 0.3 is 0 Å². The smallest absolute Gasteiger partial charge is 0.251 e. The van der Waals surface area contributed by atoms with Gasteiger partial charge in [0, 0.05) is 17.2 Å². The van der Waals surface area contributed by atoms with Gasteiger partial charge in [0.25, 0.3) is 5.91 Å². The van der Waals surface area contributed by atoms with E-state index in [1.807, 2.05) is 54.0 Å². The second-order valence-electron chi connectivity index (χ2n) is 7.61. The van der Waals surface area contributed by atoms with Crippen LogP contribution >= 0.6 is 0 Å². The molecule has 0 saturated heterocycles. The lowest BCUT2D eigenvalue weighted by molar-refractivity contribution is 0.0951. The van der Waals surface area contributed by atoms with Gasteiger partial charge in [-0.3, -0.25) is 9.36 Å². The van der Waals surface area contributed by atoms with Gasteiger partial charge in [-0.15, -0.1) is 0 Å². The number of carbonyl (C=O) groups is 1. The van der Waals surface area contributed by atoms with Crippen LogP contribution in [0.5, 0.6) is 0 Å². The third kappa shape index (κ3) is 3.33. The van der Waals surface area contributed by atoms with E-state index in [1.54, 1.807) is 6.33 Å². The van der Waals surface area contributed by atoms with E-state index in [9.17, 15) is 9.90 Å². The highest BCUT2D eigenvalue weighted by atomic mass is 16.3. The van der Waals surface area contributed by atoms with Gasteiger partial charge < -0.3 is 10.4 Å². The highest BCUT2D eigenvalue weighted by molar-refractivity contribution is 5.95. The van der Waals surface area contributed by atoms with Crippen molar-refractivity contribution in [3.8, 4) is 16.9 Å². The molecule has 0 radical (unpaired) electrons. The largest absolute Gasteiger partial charge is 0.392 e. The molecule has 1 aliphatic rings. The summed E-state index contributed by atoms with van der Waals surface area (Å²) in [5, 5.41) is 12.3. The van der Waals surface area contributed by atoms with Crippen LogP contribution in [0.15, 0.2) is 55.1 Å². The average Bonchev–Trinajstić information content (AvgIpc) is 3.49. The molecule has 5 rings (SSSR count). The van der Waals surface area contributed by atoms with E-state index in [0.29, 0.717) is 22.8 Å². The minimum atomic E-state index is -0.0533. The number of fused-ring (bicyclic) bond motifs is 1. The van der Waals surface area contributed by atoms with Crippen molar-refractivity contribution < 1.29 is 9.90 Å². The number of hydrogen-bond acceptors (Lipinski definition) is 5. The van der Waals surface area contributed by atoms with Crippen molar-refractivity contribution in [2.75, 3.05) is 0 Å². The average molecular weight is 399 g/mol. The number of carbonyl (C=O) groups excluding carboxylic acids is 1. The van der Waals surface area contributed by atoms with Crippen LogP contribution in [0.4, 0.5) is 0 Å². The number of rotatable bonds is 5. The first-order valence-electron chi connectivity index (χ1n) is 9.94. The number of nitrogens with one attached hydrogen (secondary N) is 1. The quantitative estimate of drug-likeness (QED) is 0.538. The van der Waals surface area contributed by atoms with Crippen LogP contribution in [0.1, 0.15) is 34.3 Å². The molecular weight excluding hydrogens is 378 g/mol. The fourth-order valence-electron chi connectivity index (χ4n) is 3.50. The van der Waals surface area contributed by atoms with Crippen LogP contribution in [0, 0.1) is 6.92 Å². The number of nitrogens with zero attached hydrogens (tertiary/aromatic N) is 4. The molecule has 0 unspecified atom stereocenters. The summed E-state index contributed by atoms with van der Waals surface area (Å²) in [6.07, 6.45) is 5.34. The van der Waals surface area contributed by atoms with Crippen LogP contribution in [-0.2, 0) is 6.61 Å². The van der Waals surface area contributed by atoms with Gasteiger partial charge in [0.15, 0.2) is 5.65 Å². The van der Waals surface area contributed by atoms with Gasteiger partial charge in [0.1, 0.15) is 23.9 Å². The zero-order valence-corrected chi connectivity index (χ0v) is 16.5. The van der Waals surface area contributed by atoms with Gasteiger partial charge in [-0.2, -0.15) is 0 Å². The highest BCUT2D eigenvalue weighted by Crippen LogP contribution is 2.27. The van der Waals surface area contributed by atoms with Gasteiger partial charge in [0.05, 0.1) is 12.3 Å². The molecular formula is C23H21N5O2. The fourth-order valence-corrected chi connectivity index (χ4v) is 3.50. The molecule has 150 valence electrons. The molecule has 2 heterocycles. The van der Waals surface area contributed by atoms with Crippen LogP contribution in [0.25, 0.3) is 28.1 Å². The second-order valence-corrected chi connectivity index (χ2v) is 7.61. The van der Waals surface area contributed by atoms with Crippen molar-refractivity contribution in [2.24, 2.45) is 0 Å². The summed E-state index contributed by atoms with van der Waals surface area (Å²) >= 11 is 0. The van der Waals surface area contributed by atoms with Crippen molar-refractivity contribution in [2.45, 2.75) is 32.4 Å². The minimum absolute atomic E-state index is 0.00195. The summed E-state index contributed by atoms with van der Waals surface area (Å²) in [6, 6.07) is 13.5. The monoisotopic (exact) mass is 399 g/mol. The maximum absolute atomic E-state index is 12.5. The molecule has 1 fully saturated rings. The molecule has 4 aromatic rings. The molecule has 30 heavy (non-hydrogen) atoms. The number of aliphatic hydroxyl groups excluding tert-OH is 1. The summed E-state index contributed by atoms with van der Waals surface area (Å²) in [5.74, 6) is -0.0533. The number of aromatic nitrogens is 4. The lowest BCUT2D eigenvalue weighted by atomic mass is 10.1. The topological polar surface area (TPSA) is 92.9 Å². The maximum Gasteiger partial charge on any atom is 0.251 e. The molecule has 2 N–H and O–H groups in total. The molecule has 1 aliphatic carbocycles. The minimum Gasteiger partial charge on any atom is -0.392 e. The molecule has 1 saturated carbocycles. The predicted molar refractivity (Wildman–Crippen MR) is 113 cm³/mol. The normalized spacial score (nSPS) is 13.5. The van der Waals surface area contributed by atoms with E-state index in [4.69, 9.17) is 0 Å². The summed E-state index contributed by atoms with van der Waals surface area (Å²) in [6.45, 7) is 2.00. The molecule has 2 aromatic heterocycles. The van der Waals surface area contributed by atoms with Crippen LogP contribution < -0.4 is 5.32 Å². The number of hydrogen-bond donors (Lipinski definition) is 2. The summed E-state index contributed by atoms with van der Waals surface area (Å²) in [4.78, 5) is 26.0. The molecule has 1 amide bonds. The van der Waals surface area contributed by atoms with Gasteiger partial charge in [-0.25, -0.2) is 15.0 Å². The summed E-state index contributed by atoms with van der Waals surface area (Å²) in [7, 11) is 0. The maximum atomic E-state index is 12.5. The first-order chi connectivity index (χ1) is 14.6. The highest BCUT2D eigenvalue weighted by Gasteiger charge is 2.24. The lowest BCUT2D eigenvalue weighted by Gasteiger charge is -2.11. The Morgan fingerprint density at radius 1 is 1.13 bits per heavy atom. The Hall–Kier alpha value is -3.58. The number of imidazole rings is 1. The third-order valence-electron chi connectivity index (χ3n) is 5.39. The van der Waals surface area contributed by atoms with Crippen molar-refractivity contribution >= 4 is 17.1 Å². The van der Waals surface area contributed by atoms with E-state index in [1.165, 1.54) is 6.33 Å². The number of aliphatic hydroxyl groups is 1. The zero-order chi connectivity index (χ0) is 20.7. The standard InChI is InChI=1S/C23H21N5O2/c1-14-2-5-17(23(30)27-18-8-9-18)10-19(14)28-13-26-21-20(24-12-25-22(21)28)16-6-3-15(11-29)4-7-16/h2-7,10,12-13,18,29H,8-9,11H2,1H3,(H,27,30). The molecule has 0 atom stereocenters. The van der Waals surface area contributed by atoms with Crippen molar-refractivity contribution in [1.29, 1.82) is 0 Å². The second kappa shape index (κ2) is 7.35. The molecule has 7 nitrogen and oxygen atoms in total. The Balaban J connectivity index is 1.57. The van der Waals surface area contributed by atoms with E-state index >= 15 is 0 Å². The van der Waals surface area contributed by atoms with Gasteiger partial charge in [-0.05, 0) is 43.0 Å². The van der Waals surface area contributed by atoms with Crippen molar-refractivity contribution in [3.63, 3.8) is 0 Å². The third-order valence-corrected chi connectivity index (χ3v) is 5.39. The number of aryl methyl sites for hydroxylation is 1. The van der Waals surface area contributed by atoms with Crippen LogP contribution in [0.2, 0.25) is 0 Å². The Morgan fingerprint density at radius 2 is 1.93 bits per heavy atom. The SMILES string of the molecule is Cc1ccc(C(=O)NC2CC2)cc1-n1cnc2c(-c3ccc(CO)cc3)ncnc21. The fraction of sp³-hybridized carbons (Fsp3) is 0.217. The molecule has 0 aliphatic heterocycles. The first-order valence-corrected chi connectivity index (χ1v) is 9.94. The van der Waals surface area contributed by atoms with E-state index in [0.717, 1.165) is 40.9 Å². The van der Waals surface area contributed by atoms with Crippen molar-refractivity contribution in [1.82, 2.24) is 24.8 Å². The molecule has 0 spiro atoms. The Bertz CT molecular complexity index is 1240.